The number of aliphatic imine (C=N–C) groups is 1. The second kappa shape index (κ2) is 8.62. The smallest absolute Gasteiger partial charge is 0.252 e. The van der Waals surface area contributed by atoms with E-state index in [1.807, 2.05) is 19.9 Å². The molecule has 7 nitrogen and oxygen atoms in total. The van der Waals surface area contributed by atoms with E-state index in [-0.39, 0.29) is 0 Å². The third-order valence-corrected chi connectivity index (χ3v) is 6.72. The molecule has 0 bridgehead atoms. The van der Waals surface area contributed by atoms with Crippen molar-refractivity contribution in [3.63, 3.8) is 0 Å². The van der Waals surface area contributed by atoms with Crippen molar-refractivity contribution in [2.75, 3.05) is 39.4 Å². The van der Waals surface area contributed by atoms with Gasteiger partial charge in [0.05, 0.1) is 19.8 Å². The van der Waals surface area contributed by atoms with Gasteiger partial charge in [0.2, 0.25) is 0 Å². The van der Waals surface area contributed by atoms with E-state index >= 15 is 0 Å². The predicted octanol–water partition coefficient (Wildman–Crippen LogP) is 0.844. The number of hydrogen-bond acceptors (Lipinski definition) is 5. The van der Waals surface area contributed by atoms with Gasteiger partial charge in [-0.25, -0.2) is 13.4 Å². The van der Waals surface area contributed by atoms with Gasteiger partial charge in [-0.05, 0) is 26.0 Å². The molecular weight excluding hydrogens is 336 g/mol. The Morgan fingerprint density at radius 2 is 1.91 bits per heavy atom. The maximum atomic E-state index is 12.6. The molecule has 1 fully saturated rings. The fraction of sp³-hybridized carbons (Fsp3) is 0.643. The van der Waals surface area contributed by atoms with Crippen molar-refractivity contribution in [1.82, 2.24) is 14.9 Å². The Morgan fingerprint density at radius 1 is 1.26 bits per heavy atom. The first kappa shape index (κ1) is 18.2. The maximum Gasteiger partial charge on any atom is 0.252 e. The van der Waals surface area contributed by atoms with Crippen LogP contribution in [0.3, 0.4) is 0 Å². The van der Waals surface area contributed by atoms with Crippen molar-refractivity contribution >= 4 is 27.3 Å². The summed E-state index contributed by atoms with van der Waals surface area (Å²) in [6.45, 7) is 7.78. The van der Waals surface area contributed by atoms with Gasteiger partial charge in [-0.2, -0.15) is 4.31 Å². The molecule has 0 saturated carbocycles. The van der Waals surface area contributed by atoms with Crippen LogP contribution in [0.4, 0.5) is 0 Å². The molecular formula is C14H24N4O3S2. The molecule has 0 aromatic carbocycles. The van der Waals surface area contributed by atoms with Crippen LogP contribution in [0, 0.1) is 0 Å². The summed E-state index contributed by atoms with van der Waals surface area (Å²) in [5.41, 5.74) is 0. The molecule has 2 heterocycles. The summed E-state index contributed by atoms with van der Waals surface area (Å²) in [5, 5.41) is 6.29. The maximum absolute atomic E-state index is 12.6. The highest BCUT2D eigenvalue weighted by Gasteiger charge is 2.27. The molecule has 0 amide bonds. The zero-order valence-electron chi connectivity index (χ0n) is 13.5. The zero-order valence-corrected chi connectivity index (χ0v) is 15.2. The Morgan fingerprint density at radius 3 is 2.52 bits per heavy atom. The van der Waals surface area contributed by atoms with Crippen LogP contribution >= 0.6 is 11.3 Å². The second-order valence-corrected chi connectivity index (χ2v) is 8.30. The van der Waals surface area contributed by atoms with Crippen molar-refractivity contribution < 1.29 is 13.2 Å². The lowest BCUT2D eigenvalue weighted by Crippen LogP contribution is -2.40. The van der Waals surface area contributed by atoms with E-state index in [2.05, 4.69) is 15.6 Å². The summed E-state index contributed by atoms with van der Waals surface area (Å²) in [4.78, 5) is 5.38. The molecule has 1 aliphatic heterocycles. The average molecular weight is 361 g/mol. The van der Waals surface area contributed by atoms with Crippen LogP contribution in [0.2, 0.25) is 0 Å². The summed E-state index contributed by atoms with van der Waals surface area (Å²) in [6, 6.07) is 3.50. The number of nitrogens with zero attached hydrogens (tertiary/aromatic N) is 2. The Labute approximate surface area is 141 Å². The highest BCUT2D eigenvalue weighted by molar-refractivity contribution is 7.91. The SMILES string of the molecule is CCNC(=NCc1ccc(S(=O)(=O)N2CCOCC2)s1)NCC. The van der Waals surface area contributed by atoms with Crippen LogP contribution in [0.15, 0.2) is 21.3 Å². The molecule has 0 aliphatic carbocycles. The van der Waals surface area contributed by atoms with Gasteiger partial charge in [-0.3, -0.25) is 0 Å². The summed E-state index contributed by atoms with van der Waals surface area (Å²) in [5.74, 6) is 0.737. The van der Waals surface area contributed by atoms with Crippen LogP contribution in [-0.4, -0.2) is 58.1 Å². The topological polar surface area (TPSA) is 83.0 Å². The van der Waals surface area contributed by atoms with E-state index in [0.29, 0.717) is 37.1 Å². The highest BCUT2D eigenvalue weighted by atomic mass is 32.2. The largest absolute Gasteiger partial charge is 0.379 e. The van der Waals surface area contributed by atoms with Crippen molar-refractivity contribution in [3.05, 3.63) is 17.0 Å². The Balaban J connectivity index is 2.06. The molecule has 2 rings (SSSR count). The fourth-order valence-electron chi connectivity index (χ4n) is 2.16. The molecule has 0 spiro atoms. The standard InChI is InChI=1S/C14H24N4O3S2/c1-3-15-14(16-4-2)17-11-12-5-6-13(22-12)23(19,20)18-7-9-21-10-8-18/h5-6H,3-4,7-11H2,1-2H3,(H2,15,16,17). The third kappa shape index (κ3) is 4.90. The molecule has 1 aromatic heterocycles. The minimum Gasteiger partial charge on any atom is -0.379 e. The lowest BCUT2D eigenvalue weighted by molar-refractivity contribution is 0.0731. The first-order valence-electron chi connectivity index (χ1n) is 7.76. The van der Waals surface area contributed by atoms with E-state index in [9.17, 15) is 8.42 Å². The monoisotopic (exact) mass is 360 g/mol. The van der Waals surface area contributed by atoms with Gasteiger partial charge < -0.3 is 15.4 Å². The summed E-state index contributed by atoms with van der Waals surface area (Å²) < 4.78 is 32.2. The molecule has 2 N–H and O–H groups in total. The number of morpholine rings is 1. The van der Waals surface area contributed by atoms with Crippen molar-refractivity contribution in [2.45, 2.75) is 24.6 Å². The molecule has 0 unspecified atom stereocenters. The first-order chi connectivity index (χ1) is 11.1. The van der Waals surface area contributed by atoms with Crippen molar-refractivity contribution in [1.29, 1.82) is 0 Å². The fourth-order valence-corrected chi connectivity index (χ4v) is 5.00. The van der Waals surface area contributed by atoms with Crippen LogP contribution in [-0.2, 0) is 21.3 Å². The van der Waals surface area contributed by atoms with Gasteiger partial charge in [0.25, 0.3) is 10.0 Å². The molecule has 23 heavy (non-hydrogen) atoms. The van der Waals surface area contributed by atoms with Gasteiger partial charge in [-0.1, -0.05) is 0 Å². The molecule has 130 valence electrons. The van der Waals surface area contributed by atoms with Gasteiger partial charge in [0.1, 0.15) is 4.21 Å². The Hall–Kier alpha value is -1.16. The Bertz CT molecular complexity index is 614. The summed E-state index contributed by atoms with van der Waals surface area (Å²) in [7, 11) is -3.41. The van der Waals surface area contributed by atoms with Crippen LogP contribution < -0.4 is 10.6 Å². The van der Waals surface area contributed by atoms with Crippen LogP contribution in [0.25, 0.3) is 0 Å². The van der Waals surface area contributed by atoms with Gasteiger partial charge in [-0.15, -0.1) is 11.3 Å². The number of ether oxygens (including phenoxy) is 1. The minimum atomic E-state index is -3.41. The van der Waals surface area contributed by atoms with E-state index in [1.165, 1.54) is 15.6 Å². The van der Waals surface area contributed by atoms with E-state index in [1.54, 1.807) is 6.07 Å². The normalized spacial score (nSPS) is 16.1. The minimum absolute atomic E-state index is 0.373. The molecule has 0 radical (unpaired) electrons. The van der Waals surface area contributed by atoms with Crippen LogP contribution in [0.1, 0.15) is 18.7 Å². The summed E-state index contributed by atoms with van der Waals surface area (Å²) in [6.07, 6.45) is 0. The number of rotatable bonds is 6. The number of thiophene rings is 1. The first-order valence-corrected chi connectivity index (χ1v) is 10.0. The van der Waals surface area contributed by atoms with Gasteiger partial charge in [0, 0.05) is 31.1 Å². The third-order valence-electron chi connectivity index (χ3n) is 3.28. The quantitative estimate of drug-likeness (QED) is 0.580. The van der Waals surface area contributed by atoms with E-state index in [4.69, 9.17) is 4.74 Å². The highest BCUT2D eigenvalue weighted by Crippen LogP contribution is 2.26. The van der Waals surface area contributed by atoms with Gasteiger partial charge in [0.15, 0.2) is 5.96 Å². The van der Waals surface area contributed by atoms with Gasteiger partial charge >= 0.3 is 0 Å². The number of sulfonamides is 1. The molecule has 9 heteroatoms. The Kier molecular flexibility index (Phi) is 6.82. The second-order valence-electron chi connectivity index (χ2n) is 4.96. The van der Waals surface area contributed by atoms with E-state index in [0.717, 1.165) is 23.9 Å². The summed E-state index contributed by atoms with van der Waals surface area (Å²) >= 11 is 1.28. The van der Waals surface area contributed by atoms with Crippen molar-refractivity contribution in [3.8, 4) is 0 Å². The lowest BCUT2D eigenvalue weighted by atomic mass is 10.5. The molecule has 0 atom stereocenters. The average Bonchev–Trinajstić information content (AvgIpc) is 3.04. The van der Waals surface area contributed by atoms with Crippen molar-refractivity contribution in [2.24, 2.45) is 4.99 Å². The zero-order chi connectivity index (χ0) is 16.7. The molecule has 1 aromatic rings. The number of hydrogen-bond donors (Lipinski definition) is 2. The molecule has 1 saturated heterocycles. The van der Waals surface area contributed by atoms with E-state index < -0.39 is 10.0 Å². The number of guanidine groups is 1. The molecule has 1 aliphatic rings. The lowest BCUT2D eigenvalue weighted by Gasteiger charge is -2.25. The van der Waals surface area contributed by atoms with Crippen LogP contribution in [0.5, 0.6) is 0 Å². The predicted molar refractivity (Wildman–Crippen MR) is 92.4 cm³/mol. The number of nitrogens with one attached hydrogen (secondary N) is 2.